The highest BCUT2D eigenvalue weighted by Crippen LogP contribution is 2.24. The Morgan fingerprint density at radius 2 is 2.10 bits per heavy atom. The molecule has 0 aromatic carbocycles. The number of hydrogen-bond acceptors (Lipinski definition) is 6. The molecular formula is C14H19N5S. The Labute approximate surface area is 123 Å². The standard InChI is InChI=1S/C14H19N5S/c1-18-5-7-19(8-6-18)17-11-14-16-10-13(20-14)12-3-2-4-15-9-12/h2-4,9-10,17H,5-8,11H2,1H3. The van der Waals surface area contributed by atoms with Gasteiger partial charge in [-0.1, -0.05) is 6.07 Å². The van der Waals surface area contributed by atoms with Crippen LogP contribution in [0.15, 0.2) is 30.7 Å². The van der Waals surface area contributed by atoms with E-state index in [-0.39, 0.29) is 0 Å². The van der Waals surface area contributed by atoms with Crippen LogP contribution in [0.2, 0.25) is 0 Å². The average Bonchev–Trinajstić information content (AvgIpc) is 2.97. The van der Waals surface area contributed by atoms with Gasteiger partial charge in [0.25, 0.3) is 0 Å². The Bertz CT molecular complexity index is 534. The van der Waals surface area contributed by atoms with Crippen LogP contribution in [0.25, 0.3) is 10.4 Å². The molecule has 0 radical (unpaired) electrons. The first-order valence-electron chi connectivity index (χ1n) is 6.83. The van der Waals surface area contributed by atoms with Crippen LogP contribution in [0.5, 0.6) is 0 Å². The fourth-order valence-electron chi connectivity index (χ4n) is 2.18. The van der Waals surface area contributed by atoms with Gasteiger partial charge in [0.15, 0.2) is 0 Å². The highest BCUT2D eigenvalue weighted by molar-refractivity contribution is 7.15. The fraction of sp³-hybridized carbons (Fsp3) is 0.429. The maximum atomic E-state index is 4.48. The van der Waals surface area contributed by atoms with E-state index in [0.29, 0.717) is 0 Å². The van der Waals surface area contributed by atoms with Crippen LogP contribution >= 0.6 is 11.3 Å². The van der Waals surface area contributed by atoms with Crippen molar-refractivity contribution in [3.05, 3.63) is 35.7 Å². The smallest absolute Gasteiger partial charge is 0.108 e. The second-order valence-corrected chi connectivity index (χ2v) is 6.10. The average molecular weight is 289 g/mol. The molecule has 3 rings (SSSR count). The molecule has 3 heterocycles. The fourth-order valence-corrected chi connectivity index (χ4v) is 3.02. The third kappa shape index (κ3) is 3.40. The molecule has 0 atom stereocenters. The topological polar surface area (TPSA) is 44.3 Å². The minimum Gasteiger partial charge on any atom is -0.304 e. The summed E-state index contributed by atoms with van der Waals surface area (Å²) < 4.78 is 0. The summed E-state index contributed by atoms with van der Waals surface area (Å²) in [5.74, 6) is 0. The number of piperazine rings is 1. The van der Waals surface area contributed by atoms with Gasteiger partial charge in [0.1, 0.15) is 5.01 Å². The Balaban J connectivity index is 1.55. The minimum absolute atomic E-state index is 0.800. The molecule has 2 aromatic heterocycles. The van der Waals surface area contributed by atoms with Gasteiger partial charge in [0.05, 0.1) is 11.4 Å². The van der Waals surface area contributed by atoms with Crippen LogP contribution in [0.3, 0.4) is 0 Å². The largest absolute Gasteiger partial charge is 0.304 e. The summed E-state index contributed by atoms with van der Waals surface area (Å²) >= 11 is 1.72. The van der Waals surface area contributed by atoms with Gasteiger partial charge in [-0.2, -0.15) is 0 Å². The molecule has 0 spiro atoms. The van der Waals surface area contributed by atoms with Crippen LogP contribution in [-0.4, -0.2) is 53.1 Å². The Hall–Kier alpha value is -1.34. The van der Waals surface area contributed by atoms with Crippen molar-refractivity contribution in [1.82, 2.24) is 25.3 Å². The second-order valence-electron chi connectivity index (χ2n) is 4.99. The summed E-state index contributed by atoms with van der Waals surface area (Å²) in [6.45, 7) is 5.17. The lowest BCUT2D eigenvalue weighted by molar-refractivity contribution is 0.102. The zero-order valence-electron chi connectivity index (χ0n) is 11.6. The first-order chi connectivity index (χ1) is 9.81. The number of hydrogen-bond donors (Lipinski definition) is 1. The summed E-state index contributed by atoms with van der Waals surface area (Å²) in [5, 5.41) is 3.40. The third-order valence-corrected chi connectivity index (χ3v) is 4.50. The number of thiazole rings is 1. The molecular weight excluding hydrogens is 270 g/mol. The van der Waals surface area contributed by atoms with Crippen molar-refractivity contribution in [3.8, 4) is 10.4 Å². The maximum absolute atomic E-state index is 4.48. The van der Waals surface area contributed by atoms with Crippen molar-refractivity contribution in [2.45, 2.75) is 6.54 Å². The van der Waals surface area contributed by atoms with Crippen LogP contribution in [0.4, 0.5) is 0 Å². The summed E-state index contributed by atoms with van der Waals surface area (Å²) in [4.78, 5) is 12.2. The molecule has 1 saturated heterocycles. The Morgan fingerprint density at radius 3 is 2.85 bits per heavy atom. The summed E-state index contributed by atoms with van der Waals surface area (Å²) in [5.41, 5.74) is 4.60. The summed E-state index contributed by atoms with van der Waals surface area (Å²) in [6, 6.07) is 4.02. The van der Waals surface area contributed by atoms with E-state index in [0.717, 1.165) is 43.3 Å². The van der Waals surface area contributed by atoms with Gasteiger partial charge < -0.3 is 4.90 Å². The molecule has 1 aliphatic heterocycles. The lowest BCUT2D eigenvalue weighted by atomic mass is 10.3. The van der Waals surface area contributed by atoms with E-state index in [1.807, 2.05) is 18.5 Å². The number of nitrogens with zero attached hydrogens (tertiary/aromatic N) is 4. The van der Waals surface area contributed by atoms with Gasteiger partial charge in [-0.25, -0.2) is 15.4 Å². The van der Waals surface area contributed by atoms with E-state index in [9.17, 15) is 0 Å². The molecule has 106 valence electrons. The first-order valence-corrected chi connectivity index (χ1v) is 7.65. The zero-order chi connectivity index (χ0) is 13.8. The monoisotopic (exact) mass is 289 g/mol. The zero-order valence-corrected chi connectivity index (χ0v) is 12.4. The van der Waals surface area contributed by atoms with Gasteiger partial charge in [-0.3, -0.25) is 4.98 Å². The predicted molar refractivity (Wildman–Crippen MR) is 81.3 cm³/mol. The van der Waals surface area contributed by atoms with Crippen molar-refractivity contribution in [3.63, 3.8) is 0 Å². The van der Waals surface area contributed by atoms with Crippen LogP contribution in [-0.2, 0) is 6.54 Å². The van der Waals surface area contributed by atoms with Gasteiger partial charge in [0.2, 0.25) is 0 Å². The number of hydrazine groups is 1. The molecule has 0 aliphatic carbocycles. The van der Waals surface area contributed by atoms with Crippen molar-refractivity contribution in [1.29, 1.82) is 0 Å². The van der Waals surface area contributed by atoms with Gasteiger partial charge in [0, 0.05) is 50.3 Å². The van der Waals surface area contributed by atoms with Crippen molar-refractivity contribution in [2.75, 3.05) is 33.2 Å². The van der Waals surface area contributed by atoms with Crippen molar-refractivity contribution >= 4 is 11.3 Å². The minimum atomic E-state index is 0.800. The summed E-state index contributed by atoms with van der Waals surface area (Å²) in [6.07, 6.45) is 5.61. The first kappa shape index (κ1) is 13.6. The SMILES string of the molecule is CN1CCN(NCc2ncc(-c3cccnc3)s2)CC1. The van der Waals surface area contributed by atoms with Crippen LogP contribution in [0.1, 0.15) is 5.01 Å². The molecule has 2 aromatic rings. The van der Waals surface area contributed by atoms with E-state index in [2.05, 4.69) is 38.4 Å². The number of nitrogens with one attached hydrogen (secondary N) is 1. The molecule has 1 aliphatic rings. The predicted octanol–water partition coefficient (Wildman–Crippen LogP) is 1.46. The van der Waals surface area contributed by atoms with Gasteiger partial charge in [-0.05, 0) is 13.1 Å². The maximum Gasteiger partial charge on any atom is 0.108 e. The van der Waals surface area contributed by atoms with Crippen molar-refractivity contribution in [2.24, 2.45) is 0 Å². The molecule has 0 amide bonds. The van der Waals surface area contributed by atoms with E-state index in [1.165, 1.54) is 4.88 Å². The Kier molecular flexibility index (Phi) is 4.37. The van der Waals surface area contributed by atoms with E-state index in [1.54, 1.807) is 17.5 Å². The van der Waals surface area contributed by atoms with Crippen molar-refractivity contribution < 1.29 is 0 Å². The molecule has 0 saturated carbocycles. The normalized spacial score (nSPS) is 17.4. The molecule has 1 N–H and O–H groups in total. The molecule has 1 fully saturated rings. The quantitative estimate of drug-likeness (QED) is 0.923. The molecule has 20 heavy (non-hydrogen) atoms. The van der Waals surface area contributed by atoms with Gasteiger partial charge >= 0.3 is 0 Å². The molecule has 0 unspecified atom stereocenters. The lowest BCUT2D eigenvalue weighted by Crippen LogP contribution is -2.50. The molecule has 6 heteroatoms. The number of pyridine rings is 1. The number of likely N-dealkylation sites (N-methyl/N-ethyl adjacent to an activating group) is 1. The van der Waals surface area contributed by atoms with Gasteiger partial charge in [-0.15, -0.1) is 11.3 Å². The number of aromatic nitrogens is 2. The Morgan fingerprint density at radius 1 is 1.25 bits per heavy atom. The molecule has 0 bridgehead atoms. The third-order valence-electron chi connectivity index (χ3n) is 3.46. The van der Waals surface area contributed by atoms with E-state index in [4.69, 9.17) is 0 Å². The van der Waals surface area contributed by atoms with E-state index < -0.39 is 0 Å². The van der Waals surface area contributed by atoms with E-state index >= 15 is 0 Å². The van der Waals surface area contributed by atoms with Crippen LogP contribution < -0.4 is 5.43 Å². The highest BCUT2D eigenvalue weighted by Gasteiger charge is 2.13. The van der Waals surface area contributed by atoms with Crippen LogP contribution in [0, 0.1) is 0 Å². The lowest BCUT2D eigenvalue weighted by Gasteiger charge is -2.32. The summed E-state index contributed by atoms with van der Waals surface area (Å²) in [7, 11) is 2.17. The second kappa shape index (κ2) is 6.41. The number of rotatable bonds is 4. The highest BCUT2D eigenvalue weighted by atomic mass is 32.1. The molecule has 5 nitrogen and oxygen atoms in total.